The van der Waals surface area contributed by atoms with Crippen LogP contribution in [0.25, 0.3) is 0 Å². The van der Waals surface area contributed by atoms with E-state index in [1.165, 1.54) is 0 Å². The Morgan fingerprint density at radius 2 is 1.88 bits per heavy atom. The van der Waals surface area contributed by atoms with Crippen LogP contribution in [0.2, 0.25) is 0 Å². The van der Waals surface area contributed by atoms with E-state index in [4.69, 9.17) is 9.47 Å². The van der Waals surface area contributed by atoms with Crippen LogP contribution in [0, 0.1) is 0 Å². The maximum Gasteiger partial charge on any atom is 0.119 e. The van der Waals surface area contributed by atoms with Crippen LogP contribution in [0.5, 0.6) is 5.75 Å². The van der Waals surface area contributed by atoms with Crippen molar-refractivity contribution < 1.29 is 9.47 Å². The number of benzene rings is 1. The van der Waals surface area contributed by atoms with E-state index in [2.05, 4.69) is 5.32 Å². The summed E-state index contributed by atoms with van der Waals surface area (Å²) in [7, 11) is 3.74. The first-order valence-corrected chi connectivity index (χ1v) is 6.21. The average Bonchev–Trinajstić information content (AvgIpc) is 2.38. The molecule has 96 valence electrons. The first-order valence-electron chi connectivity index (χ1n) is 6.21. The van der Waals surface area contributed by atoms with Gasteiger partial charge in [0.2, 0.25) is 0 Å². The Hall–Kier alpha value is -1.06. The predicted molar refractivity (Wildman–Crippen MR) is 70.5 cm³/mol. The van der Waals surface area contributed by atoms with Crippen molar-refractivity contribution in [3.63, 3.8) is 0 Å². The van der Waals surface area contributed by atoms with E-state index < -0.39 is 0 Å². The molecule has 1 rings (SSSR count). The molecule has 0 aliphatic heterocycles. The number of hydrogen-bond donors (Lipinski definition) is 1. The van der Waals surface area contributed by atoms with E-state index in [0.717, 1.165) is 38.2 Å². The molecule has 0 saturated heterocycles. The summed E-state index contributed by atoms with van der Waals surface area (Å²) in [5.41, 5.74) is 0. The predicted octanol–water partition coefficient (Wildman–Crippen LogP) is 2.47. The zero-order valence-corrected chi connectivity index (χ0v) is 10.8. The number of hydrogen-bond acceptors (Lipinski definition) is 3. The fraction of sp³-hybridized carbons (Fsp3) is 0.571. The summed E-state index contributed by atoms with van der Waals surface area (Å²) in [4.78, 5) is 0. The maximum atomic E-state index is 5.67. The zero-order chi connectivity index (χ0) is 12.3. The van der Waals surface area contributed by atoms with Crippen LogP contribution in [0.3, 0.4) is 0 Å². The van der Waals surface area contributed by atoms with Crippen LogP contribution in [-0.2, 0) is 4.74 Å². The standard InChI is InChI=1S/C14H23NO2/c1-15-13(7-6-11-16-2)10-12-17-14-8-4-3-5-9-14/h3-5,8-9,13,15H,6-7,10-12H2,1-2H3. The molecule has 0 aliphatic carbocycles. The third-order valence-electron chi connectivity index (χ3n) is 2.79. The number of rotatable bonds is 9. The quantitative estimate of drug-likeness (QED) is 0.669. The number of methoxy groups -OCH3 is 1. The van der Waals surface area contributed by atoms with Crippen molar-refractivity contribution >= 4 is 0 Å². The van der Waals surface area contributed by atoms with E-state index >= 15 is 0 Å². The lowest BCUT2D eigenvalue weighted by Crippen LogP contribution is -2.27. The summed E-state index contributed by atoms with van der Waals surface area (Å²) in [6, 6.07) is 10.5. The molecule has 0 spiro atoms. The van der Waals surface area contributed by atoms with Gasteiger partial charge in [0.25, 0.3) is 0 Å². The average molecular weight is 237 g/mol. The van der Waals surface area contributed by atoms with Gasteiger partial charge in [0.1, 0.15) is 5.75 Å². The highest BCUT2D eigenvalue weighted by molar-refractivity contribution is 5.20. The van der Waals surface area contributed by atoms with Crippen molar-refractivity contribution in [2.45, 2.75) is 25.3 Å². The zero-order valence-electron chi connectivity index (χ0n) is 10.8. The monoisotopic (exact) mass is 237 g/mol. The molecular weight excluding hydrogens is 214 g/mol. The van der Waals surface area contributed by atoms with E-state index in [0.29, 0.717) is 6.04 Å². The Bertz CT molecular complexity index is 277. The Kier molecular flexibility index (Phi) is 7.43. The molecule has 0 saturated carbocycles. The summed E-state index contributed by atoms with van der Waals surface area (Å²) >= 11 is 0. The SMILES string of the molecule is CNC(CCCOC)CCOc1ccccc1. The lowest BCUT2D eigenvalue weighted by Gasteiger charge is -2.16. The maximum absolute atomic E-state index is 5.67. The summed E-state index contributed by atoms with van der Waals surface area (Å²) in [6.45, 7) is 1.58. The lowest BCUT2D eigenvalue weighted by molar-refractivity contribution is 0.186. The van der Waals surface area contributed by atoms with Crippen LogP contribution >= 0.6 is 0 Å². The summed E-state index contributed by atoms with van der Waals surface area (Å²) in [6.07, 6.45) is 3.24. The van der Waals surface area contributed by atoms with Gasteiger partial charge < -0.3 is 14.8 Å². The highest BCUT2D eigenvalue weighted by Crippen LogP contribution is 2.10. The van der Waals surface area contributed by atoms with Gasteiger partial charge in [-0.2, -0.15) is 0 Å². The van der Waals surface area contributed by atoms with Crippen molar-refractivity contribution in [2.24, 2.45) is 0 Å². The van der Waals surface area contributed by atoms with Crippen LogP contribution in [0.4, 0.5) is 0 Å². The molecule has 0 bridgehead atoms. The van der Waals surface area contributed by atoms with E-state index in [-0.39, 0.29) is 0 Å². The molecule has 3 heteroatoms. The first kappa shape index (κ1) is 14.0. The molecule has 17 heavy (non-hydrogen) atoms. The minimum absolute atomic E-state index is 0.508. The normalized spacial score (nSPS) is 12.4. The van der Waals surface area contributed by atoms with Gasteiger partial charge in [-0.25, -0.2) is 0 Å². The Morgan fingerprint density at radius 1 is 1.12 bits per heavy atom. The molecule has 0 aliphatic rings. The van der Waals surface area contributed by atoms with Gasteiger partial charge in [-0.3, -0.25) is 0 Å². The first-order chi connectivity index (χ1) is 8.36. The minimum Gasteiger partial charge on any atom is -0.494 e. The van der Waals surface area contributed by atoms with Gasteiger partial charge in [-0.1, -0.05) is 18.2 Å². The van der Waals surface area contributed by atoms with Gasteiger partial charge in [0, 0.05) is 19.8 Å². The van der Waals surface area contributed by atoms with Crippen molar-refractivity contribution in [3.05, 3.63) is 30.3 Å². The highest BCUT2D eigenvalue weighted by atomic mass is 16.5. The van der Waals surface area contributed by atoms with Gasteiger partial charge >= 0.3 is 0 Å². The van der Waals surface area contributed by atoms with Crippen LogP contribution < -0.4 is 10.1 Å². The molecule has 1 aromatic rings. The fourth-order valence-corrected chi connectivity index (χ4v) is 1.74. The Labute approximate surface area is 104 Å². The lowest BCUT2D eigenvalue weighted by atomic mass is 10.1. The number of nitrogens with one attached hydrogen (secondary N) is 1. The summed E-state index contributed by atoms with van der Waals surface area (Å²) in [5, 5.41) is 3.31. The Morgan fingerprint density at radius 3 is 2.53 bits per heavy atom. The molecule has 0 aromatic heterocycles. The molecule has 0 heterocycles. The molecule has 1 aromatic carbocycles. The van der Waals surface area contributed by atoms with Gasteiger partial charge in [0.05, 0.1) is 6.61 Å². The van der Waals surface area contributed by atoms with Crippen LogP contribution in [0.1, 0.15) is 19.3 Å². The van der Waals surface area contributed by atoms with Crippen molar-refractivity contribution in [2.75, 3.05) is 27.4 Å². The van der Waals surface area contributed by atoms with Crippen molar-refractivity contribution in [1.82, 2.24) is 5.32 Å². The number of ether oxygens (including phenoxy) is 2. The van der Waals surface area contributed by atoms with E-state index in [9.17, 15) is 0 Å². The van der Waals surface area contributed by atoms with E-state index in [1.54, 1.807) is 7.11 Å². The molecule has 1 unspecified atom stereocenters. The Balaban J connectivity index is 2.15. The largest absolute Gasteiger partial charge is 0.494 e. The van der Waals surface area contributed by atoms with Crippen molar-refractivity contribution in [3.8, 4) is 5.75 Å². The van der Waals surface area contributed by atoms with Gasteiger partial charge in [-0.15, -0.1) is 0 Å². The fourth-order valence-electron chi connectivity index (χ4n) is 1.74. The van der Waals surface area contributed by atoms with Gasteiger partial charge in [0.15, 0.2) is 0 Å². The number of para-hydroxylation sites is 1. The van der Waals surface area contributed by atoms with Crippen LogP contribution in [-0.4, -0.2) is 33.4 Å². The molecule has 0 amide bonds. The highest BCUT2D eigenvalue weighted by Gasteiger charge is 2.05. The third-order valence-corrected chi connectivity index (χ3v) is 2.79. The third kappa shape index (κ3) is 6.29. The molecule has 0 fully saturated rings. The molecule has 1 atom stereocenters. The topological polar surface area (TPSA) is 30.5 Å². The summed E-state index contributed by atoms with van der Waals surface area (Å²) < 4.78 is 10.7. The van der Waals surface area contributed by atoms with E-state index in [1.807, 2.05) is 37.4 Å². The van der Waals surface area contributed by atoms with Crippen molar-refractivity contribution in [1.29, 1.82) is 0 Å². The minimum atomic E-state index is 0.508. The van der Waals surface area contributed by atoms with Gasteiger partial charge in [-0.05, 0) is 38.4 Å². The summed E-state index contributed by atoms with van der Waals surface area (Å²) in [5.74, 6) is 0.944. The second-order valence-corrected chi connectivity index (χ2v) is 4.07. The second kappa shape index (κ2) is 9.02. The molecular formula is C14H23NO2. The molecule has 1 N–H and O–H groups in total. The van der Waals surface area contributed by atoms with Crippen LogP contribution in [0.15, 0.2) is 30.3 Å². The molecule has 3 nitrogen and oxygen atoms in total. The molecule has 0 radical (unpaired) electrons. The second-order valence-electron chi connectivity index (χ2n) is 4.07. The smallest absolute Gasteiger partial charge is 0.119 e.